The fraction of sp³-hybridized carbons (Fsp3) is 0.900. The van der Waals surface area contributed by atoms with Gasteiger partial charge in [0, 0.05) is 6.42 Å². The highest BCUT2D eigenvalue weighted by Gasteiger charge is 1.97. The molecule has 0 aliphatic heterocycles. The number of rotatable bonds is 8. The quantitative estimate of drug-likeness (QED) is 0.569. The molecule has 2 heteroatoms. The average Bonchev–Trinajstić information content (AvgIpc) is 2.10. The van der Waals surface area contributed by atoms with Crippen LogP contribution in [0, 0.1) is 0 Å². The van der Waals surface area contributed by atoms with Crippen LogP contribution in [0.4, 0.5) is 0 Å². The molecule has 0 bridgehead atoms. The van der Waals surface area contributed by atoms with E-state index in [1.807, 2.05) is 0 Å². The Balaban J connectivity index is 2.95. The lowest BCUT2D eigenvalue weighted by atomic mass is 10.1. The molecular formula is C10H21NO. The summed E-state index contributed by atoms with van der Waals surface area (Å²) >= 11 is 0. The summed E-state index contributed by atoms with van der Waals surface area (Å²) < 4.78 is 0. The molecule has 0 saturated heterocycles. The molecule has 0 atom stereocenters. The summed E-state index contributed by atoms with van der Waals surface area (Å²) in [5, 5.41) is 0. The first kappa shape index (κ1) is 11.6. The number of unbranched alkanes of at least 4 members (excludes halogenated alkanes) is 5. The smallest absolute Gasteiger partial charge is 0.146 e. The lowest BCUT2D eigenvalue weighted by Gasteiger charge is -1.98. The SMILES string of the molecule is CCCCCCCCC(=O)CN. The molecule has 72 valence electrons. The zero-order chi connectivity index (χ0) is 9.23. The third-order valence-corrected chi connectivity index (χ3v) is 2.04. The number of carbonyl (C=O) groups excluding carboxylic acids is 1. The number of Topliss-reactive ketones (excluding diaryl/α,β-unsaturated/α-hetero) is 1. The Labute approximate surface area is 75.5 Å². The van der Waals surface area contributed by atoms with Gasteiger partial charge in [-0.1, -0.05) is 39.0 Å². The molecule has 12 heavy (non-hydrogen) atoms. The molecule has 0 radical (unpaired) electrons. The summed E-state index contributed by atoms with van der Waals surface area (Å²) in [6.45, 7) is 2.42. The topological polar surface area (TPSA) is 43.1 Å². The molecule has 2 nitrogen and oxygen atoms in total. The first-order chi connectivity index (χ1) is 5.81. The summed E-state index contributed by atoms with van der Waals surface area (Å²) in [4.78, 5) is 10.8. The molecule has 0 aliphatic carbocycles. The molecule has 0 unspecified atom stereocenters. The number of hydrogen-bond acceptors (Lipinski definition) is 2. The van der Waals surface area contributed by atoms with Gasteiger partial charge in [-0.05, 0) is 6.42 Å². The van der Waals surface area contributed by atoms with Crippen molar-refractivity contribution < 1.29 is 4.79 Å². The van der Waals surface area contributed by atoms with E-state index in [0.717, 1.165) is 6.42 Å². The molecular weight excluding hydrogens is 150 g/mol. The predicted octanol–water partition coefficient (Wildman–Crippen LogP) is 2.26. The Bertz CT molecular complexity index is 112. The zero-order valence-electron chi connectivity index (χ0n) is 8.14. The average molecular weight is 171 g/mol. The molecule has 0 rings (SSSR count). The molecule has 0 fully saturated rings. The Morgan fingerprint density at radius 2 is 1.67 bits per heavy atom. The zero-order valence-corrected chi connectivity index (χ0v) is 8.14. The van der Waals surface area contributed by atoms with E-state index in [2.05, 4.69) is 6.92 Å². The summed E-state index contributed by atoms with van der Waals surface area (Å²) in [5.41, 5.74) is 5.18. The van der Waals surface area contributed by atoms with E-state index < -0.39 is 0 Å². The molecule has 0 aliphatic rings. The molecule has 0 saturated carbocycles. The summed E-state index contributed by atoms with van der Waals surface area (Å²) in [6, 6.07) is 0. The van der Waals surface area contributed by atoms with Gasteiger partial charge in [0.15, 0.2) is 0 Å². The minimum atomic E-state index is 0.200. The van der Waals surface area contributed by atoms with Crippen LogP contribution in [0.25, 0.3) is 0 Å². The van der Waals surface area contributed by atoms with Crippen LogP contribution < -0.4 is 5.73 Å². The van der Waals surface area contributed by atoms with Crippen molar-refractivity contribution in [3.63, 3.8) is 0 Å². The highest BCUT2D eigenvalue weighted by atomic mass is 16.1. The first-order valence-corrected chi connectivity index (χ1v) is 5.03. The van der Waals surface area contributed by atoms with E-state index in [1.165, 1.54) is 32.1 Å². The number of carbonyl (C=O) groups is 1. The number of nitrogens with two attached hydrogens (primary N) is 1. The van der Waals surface area contributed by atoms with Crippen LogP contribution in [0.1, 0.15) is 51.9 Å². The second kappa shape index (κ2) is 8.72. The fourth-order valence-corrected chi connectivity index (χ4v) is 1.20. The van der Waals surface area contributed by atoms with Gasteiger partial charge in [-0.25, -0.2) is 0 Å². The largest absolute Gasteiger partial charge is 0.324 e. The van der Waals surface area contributed by atoms with Crippen LogP contribution in [0.5, 0.6) is 0 Å². The van der Waals surface area contributed by atoms with Crippen molar-refractivity contribution in [2.75, 3.05) is 6.54 Å². The molecule has 0 heterocycles. The molecule has 0 aromatic carbocycles. The van der Waals surface area contributed by atoms with E-state index >= 15 is 0 Å². The third-order valence-electron chi connectivity index (χ3n) is 2.04. The number of ketones is 1. The first-order valence-electron chi connectivity index (χ1n) is 5.03. The lowest BCUT2D eigenvalue weighted by Crippen LogP contribution is -2.12. The monoisotopic (exact) mass is 171 g/mol. The van der Waals surface area contributed by atoms with Crippen LogP contribution in [0.15, 0.2) is 0 Å². The predicted molar refractivity (Wildman–Crippen MR) is 52.1 cm³/mol. The second-order valence-electron chi connectivity index (χ2n) is 3.26. The van der Waals surface area contributed by atoms with Crippen molar-refractivity contribution in [3.05, 3.63) is 0 Å². The van der Waals surface area contributed by atoms with Crippen molar-refractivity contribution in [2.24, 2.45) is 5.73 Å². The van der Waals surface area contributed by atoms with Gasteiger partial charge in [-0.2, -0.15) is 0 Å². The lowest BCUT2D eigenvalue weighted by molar-refractivity contribution is -0.117. The summed E-state index contributed by atoms with van der Waals surface area (Å²) in [6.07, 6.45) is 8.08. The molecule has 2 N–H and O–H groups in total. The minimum absolute atomic E-state index is 0.200. The maximum Gasteiger partial charge on any atom is 0.146 e. The Hall–Kier alpha value is -0.370. The van der Waals surface area contributed by atoms with E-state index in [-0.39, 0.29) is 12.3 Å². The number of hydrogen-bond donors (Lipinski definition) is 1. The van der Waals surface area contributed by atoms with Crippen molar-refractivity contribution >= 4 is 5.78 Å². The second-order valence-corrected chi connectivity index (χ2v) is 3.26. The maximum absolute atomic E-state index is 10.8. The van der Waals surface area contributed by atoms with Gasteiger partial charge in [0.2, 0.25) is 0 Å². The van der Waals surface area contributed by atoms with Crippen LogP contribution in [0.3, 0.4) is 0 Å². The standard InChI is InChI=1S/C10H21NO/c1-2-3-4-5-6-7-8-10(12)9-11/h2-9,11H2,1H3. The van der Waals surface area contributed by atoms with E-state index in [9.17, 15) is 4.79 Å². The van der Waals surface area contributed by atoms with Crippen LogP contribution >= 0.6 is 0 Å². The fourth-order valence-electron chi connectivity index (χ4n) is 1.20. The third kappa shape index (κ3) is 7.73. The van der Waals surface area contributed by atoms with Gasteiger partial charge in [-0.3, -0.25) is 4.79 Å². The Kier molecular flexibility index (Phi) is 8.46. The van der Waals surface area contributed by atoms with Crippen LogP contribution in [-0.2, 0) is 4.79 Å². The van der Waals surface area contributed by atoms with E-state index in [1.54, 1.807) is 0 Å². The highest BCUT2D eigenvalue weighted by Crippen LogP contribution is 2.06. The van der Waals surface area contributed by atoms with Crippen molar-refractivity contribution in [1.82, 2.24) is 0 Å². The van der Waals surface area contributed by atoms with Gasteiger partial charge in [0.25, 0.3) is 0 Å². The van der Waals surface area contributed by atoms with Crippen molar-refractivity contribution in [3.8, 4) is 0 Å². The highest BCUT2D eigenvalue weighted by molar-refractivity contribution is 5.80. The minimum Gasteiger partial charge on any atom is -0.324 e. The Morgan fingerprint density at radius 1 is 1.08 bits per heavy atom. The van der Waals surface area contributed by atoms with Crippen molar-refractivity contribution in [2.45, 2.75) is 51.9 Å². The van der Waals surface area contributed by atoms with Gasteiger partial charge in [0.1, 0.15) is 5.78 Å². The van der Waals surface area contributed by atoms with Gasteiger partial charge in [0.05, 0.1) is 6.54 Å². The van der Waals surface area contributed by atoms with Crippen LogP contribution in [-0.4, -0.2) is 12.3 Å². The van der Waals surface area contributed by atoms with E-state index in [4.69, 9.17) is 5.73 Å². The summed E-state index contributed by atoms with van der Waals surface area (Å²) in [7, 11) is 0. The Morgan fingerprint density at radius 3 is 2.25 bits per heavy atom. The normalized spacial score (nSPS) is 10.2. The van der Waals surface area contributed by atoms with Crippen molar-refractivity contribution in [1.29, 1.82) is 0 Å². The molecule has 0 amide bonds. The summed E-state index contributed by atoms with van der Waals surface area (Å²) in [5.74, 6) is 0.200. The maximum atomic E-state index is 10.8. The molecule has 0 aromatic heterocycles. The van der Waals surface area contributed by atoms with E-state index in [0.29, 0.717) is 6.42 Å². The molecule has 0 spiro atoms. The van der Waals surface area contributed by atoms with Gasteiger partial charge < -0.3 is 5.73 Å². The van der Waals surface area contributed by atoms with Gasteiger partial charge in [-0.15, -0.1) is 0 Å². The van der Waals surface area contributed by atoms with Crippen LogP contribution in [0.2, 0.25) is 0 Å². The van der Waals surface area contributed by atoms with Gasteiger partial charge >= 0.3 is 0 Å². The molecule has 0 aromatic rings.